The maximum atomic E-state index is 12.3. The first-order valence-corrected chi connectivity index (χ1v) is 7.33. The highest BCUT2D eigenvalue weighted by atomic mass is 31.1. The highest BCUT2D eigenvalue weighted by Gasteiger charge is 2.32. The number of halogens is 3. The fourth-order valence-corrected chi connectivity index (χ4v) is 3.34. The van der Waals surface area contributed by atoms with Gasteiger partial charge >= 0.3 is 5.92 Å². The Hall–Kier alpha value is 0.220. The summed E-state index contributed by atoms with van der Waals surface area (Å²) in [5.41, 5.74) is -0.141. The van der Waals surface area contributed by atoms with Crippen molar-refractivity contribution in [2.45, 2.75) is 75.8 Å². The normalized spacial score (nSPS) is 23.4. The van der Waals surface area contributed by atoms with E-state index in [-0.39, 0.29) is 14.2 Å². The Morgan fingerprint density at radius 2 is 1.06 bits per heavy atom. The van der Waals surface area contributed by atoms with Gasteiger partial charge in [-0.15, -0.1) is 0 Å². The molecule has 0 heterocycles. The van der Waals surface area contributed by atoms with Gasteiger partial charge in [-0.05, 0) is 18.5 Å². The van der Waals surface area contributed by atoms with Gasteiger partial charge in [-0.2, -0.15) is 13.2 Å². The van der Waals surface area contributed by atoms with Crippen molar-refractivity contribution in [1.82, 2.24) is 0 Å². The Morgan fingerprint density at radius 3 is 1.44 bits per heavy atom. The van der Waals surface area contributed by atoms with Gasteiger partial charge in [0.15, 0.2) is 0 Å². The van der Waals surface area contributed by atoms with Crippen LogP contribution < -0.4 is 0 Å². The standard InChI is InChI=1S/C12H21F3P/c13-12(14,15)16-11-9-7-5-3-1-2-4-6-8-10-11/h11H,1-10H2. The van der Waals surface area contributed by atoms with E-state index < -0.39 is 5.92 Å². The first-order chi connectivity index (χ1) is 7.58. The van der Waals surface area contributed by atoms with Crippen molar-refractivity contribution in [2.24, 2.45) is 0 Å². The second kappa shape index (κ2) is 7.53. The van der Waals surface area contributed by atoms with E-state index in [0.717, 1.165) is 38.5 Å². The van der Waals surface area contributed by atoms with E-state index in [2.05, 4.69) is 0 Å². The summed E-state index contributed by atoms with van der Waals surface area (Å²) in [6.45, 7) is 0. The van der Waals surface area contributed by atoms with Crippen molar-refractivity contribution in [3.63, 3.8) is 0 Å². The van der Waals surface area contributed by atoms with Crippen molar-refractivity contribution in [2.75, 3.05) is 0 Å². The number of alkyl halides is 3. The van der Waals surface area contributed by atoms with Crippen LogP contribution in [0.3, 0.4) is 0 Å². The lowest BCUT2D eigenvalue weighted by Crippen LogP contribution is -2.09. The van der Waals surface area contributed by atoms with E-state index >= 15 is 0 Å². The quantitative estimate of drug-likeness (QED) is 0.523. The van der Waals surface area contributed by atoms with Gasteiger partial charge in [0, 0.05) is 8.58 Å². The van der Waals surface area contributed by atoms with Crippen LogP contribution in [0.5, 0.6) is 0 Å². The second-order valence-electron chi connectivity index (χ2n) is 4.66. The van der Waals surface area contributed by atoms with Crippen molar-refractivity contribution in [1.29, 1.82) is 0 Å². The monoisotopic (exact) mass is 253 g/mol. The zero-order chi connectivity index (χ0) is 11.9. The molecule has 0 aliphatic heterocycles. The fourth-order valence-electron chi connectivity index (χ4n) is 2.30. The molecule has 0 nitrogen and oxygen atoms in total. The Kier molecular flexibility index (Phi) is 6.72. The van der Waals surface area contributed by atoms with Crippen molar-refractivity contribution in [3.8, 4) is 0 Å². The molecule has 4 heteroatoms. The minimum Gasteiger partial charge on any atom is -0.167 e. The number of hydrogen-bond acceptors (Lipinski definition) is 0. The molecule has 0 aromatic carbocycles. The number of rotatable bonds is 1. The van der Waals surface area contributed by atoms with Gasteiger partial charge in [-0.3, -0.25) is 0 Å². The summed E-state index contributed by atoms with van der Waals surface area (Å²) in [5.74, 6) is -4.00. The third-order valence-electron chi connectivity index (χ3n) is 3.15. The number of hydrogen-bond donors (Lipinski definition) is 0. The average molecular weight is 253 g/mol. The molecule has 0 aromatic rings. The van der Waals surface area contributed by atoms with Crippen LogP contribution in [0.1, 0.15) is 64.2 Å². The van der Waals surface area contributed by atoms with E-state index in [1.165, 1.54) is 25.7 Å². The summed E-state index contributed by atoms with van der Waals surface area (Å²) in [6.07, 6.45) is 10.7. The van der Waals surface area contributed by atoms with E-state index in [9.17, 15) is 13.2 Å². The minimum absolute atomic E-state index is 0.141. The summed E-state index contributed by atoms with van der Waals surface area (Å²) < 4.78 is 37.0. The summed E-state index contributed by atoms with van der Waals surface area (Å²) in [7, 11) is -0.301. The van der Waals surface area contributed by atoms with Gasteiger partial charge in [0.2, 0.25) is 0 Å². The molecule has 0 bridgehead atoms. The molecule has 16 heavy (non-hydrogen) atoms. The van der Waals surface area contributed by atoms with E-state index in [1.54, 1.807) is 0 Å². The highest BCUT2D eigenvalue weighted by Crippen LogP contribution is 2.44. The Labute approximate surface area is 98.2 Å². The Morgan fingerprint density at radius 1 is 0.688 bits per heavy atom. The average Bonchev–Trinajstić information content (AvgIpc) is 2.22. The predicted molar refractivity (Wildman–Crippen MR) is 62.9 cm³/mol. The zero-order valence-corrected chi connectivity index (χ0v) is 10.6. The SMILES string of the molecule is FC(F)(F)[P]C1CCCCCCCCCC1. The lowest BCUT2D eigenvalue weighted by molar-refractivity contribution is -0.0379. The summed E-state index contributed by atoms with van der Waals surface area (Å²) in [4.78, 5) is 0. The van der Waals surface area contributed by atoms with Crippen molar-refractivity contribution in [3.05, 3.63) is 0 Å². The molecular formula is C12H21F3P. The van der Waals surface area contributed by atoms with E-state index in [1.807, 2.05) is 0 Å². The molecule has 1 rings (SSSR count). The van der Waals surface area contributed by atoms with Crippen LogP contribution in [0, 0.1) is 0 Å². The molecule has 1 radical (unpaired) electrons. The lowest BCUT2D eigenvalue weighted by Gasteiger charge is -2.17. The first-order valence-electron chi connectivity index (χ1n) is 6.37. The summed E-state index contributed by atoms with van der Waals surface area (Å²) in [5, 5.41) is 0. The maximum absolute atomic E-state index is 12.3. The molecule has 95 valence electrons. The van der Waals surface area contributed by atoms with Crippen LogP contribution in [0.2, 0.25) is 0 Å². The first kappa shape index (κ1) is 14.3. The van der Waals surface area contributed by atoms with Gasteiger partial charge in [-0.1, -0.05) is 51.4 Å². The molecule has 1 aliphatic carbocycles. The molecule has 1 saturated carbocycles. The van der Waals surface area contributed by atoms with Crippen LogP contribution >= 0.6 is 8.58 Å². The van der Waals surface area contributed by atoms with Gasteiger partial charge < -0.3 is 0 Å². The van der Waals surface area contributed by atoms with E-state index in [4.69, 9.17) is 0 Å². The zero-order valence-electron chi connectivity index (χ0n) is 9.73. The van der Waals surface area contributed by atoms with Crippen LogP contribution in [0.25, 0.3) is 0 Å². The summed E-state index contributed by atoms with van der Waals surface area (Å²) >= 11 is 0. The summed E-state index contributed by atoms with van der Waals surface area (Å²) in [6, 6.07) is 0. The Balaban J connectivity index is 2.33. The molecule has 0 amide bonds. The molecule has 0 unspecified atom stereocenters. The fraction of sp³-hybridized carbons (Fsp3) is 1.00. The maximum Gasteiger partial charge on any atom is 0.409 e. The van der Waals surface area contributed by atoms with Crippen molar-refractivity contribution >= 4 is 8.58 Å². The van der Waals surface area contributed by atoms with Gasteiger partial charge in [0.25, 0.3) is 0 Å². The van der Waals surface area contributed by atoms with Crippen LogP contribution in [-0.2, 0) is 0 Å². The molecule has 1 aliphatic rings. The largest absolute Gasteiger partial charge is 0.409 e. The Bertz CT molecular complexity index is 168. The molecule has 0 saturated heterocycles. The van der Waals surface area contributed by atoms with E-state index in [0.29, 0.717) is 0 Å². The predicted octanol–water partition coefficient (Wildman–Crippen LogP) is 5.74. The van der Waals surface area contributed by atoms with Crippen LogP contribution in [-0.4, -0.2) is 11.6 Å². The molecule has 1 fully saturated rings. The highest BCUT2D eigenvalue weighted by molar-refractivity contribution is 7.40. The van der Waals surface area contributed by atoms with Crippen LogP contribution in [0.15, 0.2) is 0 Å². The molecular weight excluding hydrogens is 232 g/mol. The topological polar surface area (TPSA) is 0 Å². The third kappa shape index (κ3) is 7.49. The second-order valence-corrected chi connectivity index (χ2v) is 6.15. The van der Waals surface area contributed by atoms with Gasteiger partial charge in [0.05, 0.1) is 0 Å². The third-order valence-corrected chi connectivity index (χ3v) is 4.33. The molecule has 0 N–H and O–H groups in total. The van der Waals surface area contributed by atoms with Crippen LogP contribution in [0.4, 0.5) is 13.2 Å². The minimum atomic E-state index is -4.00. The van der Waals surface area contributed by atoms with Gasteiger partial charge in [0.1, 0.15) is 0 Å². The lowest BCUT2D eigenvalue weighted by atomic mass is 10.1. The molecule has 0 aromatic heterocycles. The van der Waals surface area contributed by atoms with Gasteiger partial charge in [-0.25, -0.2) is 0 Å². The smallest absolute Gasteiger partial charge is 0.167 e. The molecule has 0 atom stereocenters. The van der Waals surface area contributed by atoms with Crippen molar-refractivity contribution < 1.29 is 13.2 Å². The molecule has 0 spiro atoms.